The third kappa shape index (κ3) is 2.80. The molecular weight excluding hydrogens is 272 g/mol. The summed E-state index contributed by atoms with van der Waals surface area (Å²) in [5.41, 5.74) is 1.06. The minimum atomic E-state index is 0.0248. The molecule has 0 N–H and O–H groups in total. The smallest absolute Gasteiger partial charge is 0.196 e. The maximum absolute atomic E-state index is 11.9. The van der Waals surface area contributed by atoms with Crippen molar-refractivity contribution in [3.63, 3.8) is 0 Å². The number of thioether (sulfide) groups is 1. The topological polar surface area (TPSA) is 35.5 Å². The highest BCUT2D eigenvalue weighted by atomic mass is 32.2. The lowest BCUT2D eigenvalue weighted by Crippen LogP contribution is -2.12. The van der Waals surface area contributed by atoms with E-state index in [9.17, 15) is 4.79 Å². The summed E-state index contributed by atoms with van der Waals surface area (Å²) in [7, 11) is 1.66. The van der Waals surface area contributed by atoms with Gasteiger partial charge in [-0.15, -0.1) is 0 Å². The molecule has 1 aromatic carbocycles. The summed E-state index contributed by atoms with van der Waals surface area (Å²) in [6.45, 7) is 0. The van der Waals surface area contributed by atoms with Crippen LogP contribution in [0.1, 0.15) is 43.6 Å². The van der Waals surface area contributed by atoms with E-state index < -0.39 is 0 Å². The Labute approximate surface area is 124 Å². The first-order chi connectivity index (χ1) is 9.78. The van der Waals surface area contributed by atoms with Crippen LogP contribution in [0.2, 0.25) is 0 Å². The van der Waals surface area contributed by atoms with Gasteiger partial charge >= 0.3 is 0 Å². The van der Waals surface area contributed by atoms with Crippen molar-refractivity contribution in [1.29, 1.82) is 0 Å². The summed E-state index contributed by atoms with van der Waals surface area (Å²) in [4.78, 5) is 11.9. The molecule has 0 radical (unpaired) electrons. The van der Waals surface area contributed by atoms with Gasteiger partial charge in [-0.2, -0.15) is 0 Å². The van der Waals surface area contributed by atoms with Crippen LogP contribution in [0.3, 0.4) is 0 Å². The van der Waals surface area contributed by atoms with Gasteiger partial charge in [-0.1, -0.05) is 17.8 Å². The summed E-state index contributed by atoms with van der Waals surface area (Å²) in [6.07, 6.45) is 5.94. The molecule has 1 aromatic rings. The maximum Gasteiger partial charge on any atom is 0.196 e. The Morgan fingerprint density at radius 3 is 2.60 bits per heavy atom. The molecule has 1 unspecified atom stereocenters. The zero-order valence-corrected chi connectivity index (χ0v) is 12.6. The van der Waals surface area contributed by atoms with E-state index in [0.717, 1.165) is 42.1 Å². The fourth-order valence-corrected chi connectivity index (χ4v) is 4.00. The van der Waals surface area contributed by atoms with E-state index >= 15 is 0 Å². The fraction of sp³-hybridized carbons (Fsp3) is 0.562. The molecule has 1 heterocycles. The maximum atomic E-state index is 11.9. The number of ether oxygens (including phenoxy) is 2. The Hall–Kier alpha value is -1.16. The molecule has 20 heavy (non-hydrogen) atoms. The molecule has 4 heteroatoms. The van der Waals surface area contributed by atoms with Gasteiger partial charge < -0.3 is 9.47 Å². The summed E-state index contributed by atoms with van der Waals surface area (Å²) >= 11 is 1.44. The van der Waals surface area contributed by atoms with Gasteiger partial charge in [0.15, 0.2) is 16.6 Å². The molecule has 3 rings (SSSR count). The summed E-state index contributed by atoms with van der Waals surface area (Å²) in [6, 6.07) is 5.93. The molecule has 3 nitrogen and oxygen atoms in total. The first-order valence-corrected chi connectivity index (χ1v) is 8.27. The normalized spacial score (nSPS) is 23.2. The second-order valence-electron chi connectivity index (χ2n) is 5.44. The SMILES string of the molecule is COc1ccc(C2CCSC2=O)cc1OC1CCCC1. The molecule has 1 atom stereocenters. The molecule has 108 valence electrons. The second-order valence-corrected chi connectivity index (χ2v) is 6.54. The third-order valence-electron chi connectivity index (χ3n) is 4.12. The number of carbonyl (C=O) groups is 1. The Morgan fingerprint density at radius 1 is 1.15 bits per heavy atom. The molecule has 1 aliphatic carbocycles. The van der Waals surface area contributed by atoms with Gasteiger partial charge in [0.05, 0.1) is 19.1 Å². The predicted molar refractivity (Wildman–Crippen MR) is 80.7 cm³/mol. The van der Waals surface area contributed by atoms with Crippen LogP contribution < -0.4 is 9.47 Å². The van der Waals surface area contributed by atoms with Crippen molar-refractivity contribution in [1.82, 2.24) is 0 Å². The third-order valence-corrected chi connectivity index (χ3v) is 5.13. The number of carbonyl (C=O) groups excluding carboxylic acids is 1. The number of hydrogen-bond donors (Lipinski definition) is 0. The van der Waals surface area contributed by atoms with Crippen molar-refractivity contribution in [2.45, 2.75) is 44.1 Å². The van der Waals surface area contributed by atoms with E-state index in [2.05, 4.69) is 0 Å². The predicted octanol–water partition coefficient (Wildman–Crippen LogP) is 3.76. The van der Waals surface area contributed by atoms with Gasteiger partial charge in [0.1, 0.15) is 0 Å². The van der Waals surface area contributed by atoms with Crippen LogP contribution in [0.4, 0.5) is 0 Å². The number of hydrogen-bond acceptors (Lipinski definition) is 4. The van der Waals surface area contributed by atoms with E-state index in [1.165, 1.54) is 24.6 Å². The van der Waals surface area contributed by atoms with Gasteiger partial charge in [-0.25, -0.2) is 0 Å². The van der Waals surface area contributed by atoms with E-state index in [0.29, 0.717) is 6.10 Å². The minimum Gasteiger partial charge on any atom is -0.493 e. The highest BCUT2D eigenvalue weighted by Crippen LogP contribution is 2.39. The lowest BCUT2D eigenvalue weighted by Gasteiger charge is -2.18. The highest BCUT2D eigenvalue weighted by molar-refractivity contribution is 8.14. The molecule has 1 aliphatic heterocycles. The molecule has 0 spiro atoms. The van der Waals surface area contributed by atoms with Crippen LogP contribution in [-0.2, 0) is 4.79 Å². The van der Waals surface area contributed by atoms with Gasteiger partial charge in [0.2, 0.25) is 0 Å². The van der Waals surface area contributed by atoms with Gasteiger partial charge in [-0.05, 0) is 49.8 Å². The molecule has 0 amide bonds. The number of methoxy groups -OCH3 is 1. The van der Waals surface area contributed by atoms with Crippen molar-refractivity contribution in [2.24, 2.45) is 0 Å². The lowest BCUT2D eigenvalue weighted by atomic mass is 9.97. The Bertz CT molecular complexity index is 494. The highest BCUT2D eigenvalue weighted by Gasteiger charge is 2.28. The van der Waals surface area contributed by atoms with Crippen LogP contribution in [0.5, 0.6) is 11.5 Å². The van der Waals surface area contributed by atoms with Crippen LogP contribution in [0.15, 0.2) is 18.2 Å². The van der Waals surface area contributed by atoms with E-state index in [4.69, 9.17) is 9.47 Å². The average molecular weight is 292 g/mol. The Balaban J connectivity index is 1.83. The first kappa shape index (κ1) is 13.8. The summed E-state index contributed by atoms with van der Waals surface area (Å²) in [5, 5.41) is 0.280. The van der Waals surface area contributed by atoms with Crippen molar-refractivity contribution in [3.8, 4) is 11.5 Å². The molecule has 2 aliphatic rings. The average Bonchev–Trinajstić information content (AvgIpc) is 3.10. The van der Waals surface area contributed by atoms with Crippen LogP contribution in [0, 0.1) is 0 Å². The summed E-state index contributed by atoms with van der Waals surface area (Å²) in [5.74, 6) is 2.51. The van der Waals surface area contributed by atoms with Crippen molar-refractivity contribution in [3.05, 3.63) is 23.8 Å². The lowest BCUT2D eigenvalue weighted by molar-refractivity contribution is -0.111. The molecule has 1 saturated heterocycles. The first-order valence-electron chi connectivity index (χ1n) is 7.29. The Kier molecular flexibility index (Phi) is 4.20. The van der Waals surface area contributed by atoms with Crippen LogP contribution in [0.25, 0.3) is 0 Å². The number of benzene rings is 1. The second kappa shape index (κ2) is 6.08. The fourth-order valence-electron chi connectivity index (χ4n) is 2.99. The van der Waals surface area contributed by atoms with E-state index in [1.54, 1.807) is 7.11 Å². The molecule has 2 fully saturated rings. The Morgan fingerprint density at radius 2 is 1.95 bits per heavy atom. The molecule has 0 aromatic heterocycles. The standard InChI is InChI=1S/C16H20O3S/c1-18-14-7-6-11(13-8-9-20-16(13)17)10-15(14)19-12-4-2-3-5-12/h6-7,10,12-13H,2-5,8-9H2,1H3. The summed E-state index contributed by atoms with van der Waals surface area (Å²) < 4.78 is 11.5. The quantitative estimate of drug-likeness (QED) is 0.846. The van der Waals surface area contributed by atoms with E-state index in [-0.39, 0.29) is 11.0 Å². The number of rotatable bonds is 4. The van der Waals surface area contributed by atoms with Crippen molar-refractivity contribution >= 4 is 16.9 Å². The van der Waals surface area contributed by atoms with Crippen molar-refractivity contribution in [2.75, 3.05) is 12.9 Å². The van der Waals surface area contributed by atoms with Crippen molar-refractivity contribution < 1.29 is 14.3 Å². The molecule has 1 saturated carbocycles. The van der Waals surface area contributed by atoms with Crippen LogP contribution >= 0.6 is 11.8 Å². The van der Waals surface area contributed by atoms with E-state index in [1.807, 2.05) is 18.2 Å². The van der Waals surface area contributed by atoms with Gasteiger partial charge in [-0.3, -0.25) is 4.79 Å². The van der Waals surface area contributed by atoms with Crippen LogP contribution in [-0.4, -0.2) is 24.1 Å². The van der Waals surface area contributed by atoms with Gasteiger partial charge in [0, 0.05) is 5.75 Å². The largest absolute Gasteiger partial charge is 0.493 e. The molecular formula is C16H20O3S. The minimum absolute atomic E-state index is 0.0248. The monoisotopic (exact) mass is 292 g/mol. The molecule has 0 bridgehead atoms. The zero-order valence-electron chi connectivity index (χ0n) is 11.8. The zero-order chi connectivity index (χ0) is 13.9. The van der Waals surface area contributed by atoms with Gasteiger partial charge in [0.25, 0.3) is 0 Å².